The smallest absolute Gasteiger partial charge is 0.164 e. The topological polar surface area (TPSA) is 110 Å². The highest BCUT2D eigenvalue weighted by molar-refractivity contribution is 7.26. The van der Waals surface area contributed by atoms with E-state index in [1.54, 1.807) is 0 Å². The van der Waals surface area contributed by atoms with E-state index in [1.165, 1.54) is 137 Å². The molecule has 10 heterocycles. The molecule has 0 aliphatic rings. The fraction of sp³-hybridized carbons (Fsp3) is 0. The lowest BCUT2D eigenvalue weighted by atomic mass is 10.1. The Balaban J connectivity index is 0.000000132. The zero-order valence-electron chi connectivity index (χ0n) is 68.2. The van der Waals surface area contributed by atoms with E-state index in [-0.39, 0.29) is 0 Å². The average molecular weight is 1690 g/mol. The Morgan fingerprint density at radius 2 is 0.414 bits per heavy atom. The Kier molecular flexibility index (Phi) is 16.1. The van der Waals surface area contributed by atoms with Gasteiger partial charge in [-0.2, -0.15) is 0 Å². The Morgan fingerprint density at radius 3 is 0.836 bits per heavy atom. The van der Waals surface area contributed by atoms with E-state index in [0.29, 0.717) is 34.9 Å². The maximum atomic E-state index is 6.48. The van der Waals surface area contributed by atoms with Crippen LogP contribution in [0, 0.1) is 0 Å². The molecule has 14 heteroatoms. The van der Waals surface area contributed by atoms with Gasteiger partial charge in [-0.1, -0.05) is 231 Å². The lowest BCUT2D eigenvalue weighted by Crippen LogP contribution is -2.00. The van der Waals surface area contributed by atoms with E-state index in [4.69, 9.17) is 34.3 Å². The minimum atomic E-state index is 0.606. The predicted molar refractivity (Wildman–Crippen MR) is 536 cm³/mol. The molecule has 18 aromatic carbocycles. The van der Waals surface area contributed by atoms with Crippen molar-refractivity contribution in [2.75, 3.05) is 0 Å². The molecule has 0 unspecified atom stereocenters. The standard InChI is InChI=1S/C57H33N5OS.C57H33N5S2/c1-3-13-34(14-4-1)55-58-56(35-15-5-2-6-16-35)60-57(59-55)36-23-27-51-44(29-36)45-31-38(25-28-52(45)63-51)61-47-20-10-7-17-39(47)42-30-37(24-26-49(42)61)62-48-21-11-8-18-40(48)43-33-54-46(32-50(43)62)41-19-9-12-22-53(41)64-54;1-3-13-34(14-4-1)55-58-56(35-15-5-2-6-16-35)60-57(59-55)36-23-27-52-44(29-36)45-31-38(25-28-53(45)63-52)61-47-20-10-7-17-39(47)42-30-37(24-26-49(42)61)62-48-21-11-8-18-40(48)43-33-54-46(32-50(43)62)41-19-9-12-22-51(41)64-54/h2*1-33H. The van der Waals surface area contributed by atoms with Crippen molar-refractivity contribution in [1.82, 2.24) is 48.2 Å². The van der Waals surface area contributed by atoms with Crippen LogP contribution in [0.25, 0.3) is 261 Å². The highest BCUT2D eigenvalue weighted by Gasteiger charge is 2.25. The van der Waals surface area contributed by atoms with Crippen LogP contribution in [0.1, 0.15) is 0 Å². The number of thiophene rings is 3. The van der Waals surface area contributed by atoms with Crippen LogP contribution < -0.4 is 0 Å². The van der Waals surface area contributed by atoms with E-state index in [1.807, 2.05) is 167 Å². The van der Waals surface area contributed by atoms with Crippen molar-refractivity contribution < 1.29 is 4.42 Å². The Morgan fingerprint density at radius 1 is 0.156 bits per heavy atom. The van der Waals surface area contributed by atoms with Crippen molar-refractivity contribution in [1.29, 1.82) is 0 Å². The predicted octanol–water partition coefficient (Wildman–Crippen LogP) is 31.1. The van der Waals surface area contributed by atoms with Gasteiger partial charge in [-0.05, 0) is 170 Å². The summed E-state index contributed by atoms with van der Waals surface area (Å²) in [7, 11) is 0. The molecule has 0 bridgehead atoms. The van der Waals surface area contributed by atoms with E-state index in [2.05, 4.69) is 285 Å². The van der Waals surface area contributed by atoms with Crippen LogP contribution >= 0.6 is 34.0 Å². The summed E-state index contributed by atoms with van der Waals surface area (Å²) < 4.78 is 23.9. The lowest BCUT2D eigenvalue weighted by molar-refractivity contribution is 0.669. The van der Waals surface area contributed by atoms with Crippen molar-refractivity contribution in [2.45, 2.75) is 0 Å². The second-order valence-corrected chi connectivity index (χ2v) is 36.1. The first kappa shape index (κ1) is 72.1. The molecule has 0 fully saturated rings. The molecule has 0 saturated carbocycles. The van der Waals surface area contributed by atoms with Crippen LogP contribution in [0.2, 0.25) is 0 Å². The molecule has 0 N–H and O–H groups in total. The minimum absolute atomic E-state index is 0.606. The van der Waals surface area contributed by atoms with E-state index in [0.717, 1.165) is 89.1 Å². The maximum absolute atomic E-state index is 6.48. The molecule has 0 atom stereocenters. The van der Waals surface area contributed by atoms with Crippen molar-refractivity contribution in [3.63, 3.8) is 0 Å². The first-order chi connectivity index (χ1) is 63.4. The highest BCUT2D eigenvalue weighted by Crippen LogP contribution is 2.48. The van der Waals surface area contributed by atoms with Crippen LogP contribution in [0.15, 0.2) is 405 Å². The van der Waals surface area contributed by atoms with Gasteiger partial charge in [0.05, 0.1) is 44.1 Å². The monoisotopic (exact) mass is 1690 g/mol. The molecule has 11 nitrogen and oxygen atoms in total. The van der Waals surface area contributed by atoms with Crippen LogP contribution in [-0.2, 0) is 0 Å². The second kappa shape index (κ2) is 28.6. The quantitative estimate of drug-likeness (QED) is 0.134. The second-order valence-electron chi connectivity index (χ2n) is 32.8. The van der Waals surface area contributed by atoms with Gasteiger partial charge in [-0.3, -0.25) is 0 Å². The van der Waals surface area contributed by atoms with Gasteiger partial charge in [0.25, 0.3) is 0 Å². The zero-order chi connectivity index (χ0) is 83.8. The average Bonchev–Trinajstić information content (AvgIpc) is 1.58. The fourth-order valence-electron chi connectivity index (χ4n) is 19.6. The first-order valence-corrected chi connectivity index (χ1v) is 45.3. The summed E-state index contributed by atoms with van der Waals surface area (Å²) in [5, 5.41) is 19.5. The van der Waals surface area contributed by atoms with E-state index >= 15 is 0 Å². The SMILES string of the molecule is c1ccc(-c2nc(-c3ccccc3)nc(-c3ccc4oc5ccc(-n6c7ccccc7c7cc(-n8c9ccccc9c9cc%10sc%11ccccc%11c%10cc98)ccc76)cc5c4c3)n2)cc1.c1ccc(-c2nc(-c3ccccc3)nc(-c3ccc4sc5ccc(-n6c7ccccc7c7cc(-n8c9ccccc9c9cc%10sc%11ccccc%11c%10cc98)ccc76)cc5c4c3)n2)cc1. The molecule has 28 aromatic rings. The summed E-state index contributed by atoms with van der Waals surface area (Å²) in [5.41, 5.74) is 21.2. The van der Waals surface area contributed by atoms with Gasteiger partial charge in [-0.25, -0.2) is 29.9 Å². The fourth-order valence-corrected chi connectivity index (χ4v) is 23.0. The van der Waals surface area contributed by atoms with Crippen LogP contribution in [0.3, 0.4) is 0 Å². The normalized spacial score (nSPS) is 12.1. The van der Waals surface area contributed by atoms with Gasteiger partial charge in [0.2, 0.25) is 0 Å². The largest absolute Gasteiger partial charge is 0.456 e. The number of rotatable bonds is 10. The van der Waals surface area contributed by atoms with E-state index < -0.39 is 0 Å². The first-order valence-electron chi connectivity index (χ1n) is 42.8. The van der Waals surface area contributed by atoms with Gasteiger partial charge in [0, 0.05) is 171 Å². The molecule has 0 amide bonds. The number of fused-ring (bicyclic) bond motifs is 24. The number of benzene rings is 18. The van der Waals surface area contributed by atoms with Crippen molar-refractivity contribution >= 4 is 204 Å². The molecule has 0 aliphatic carbocycles. The van der Waals surface area contributed by atoms with Crippen LogP contribution in [0.4, 0.5) is 0 Å². The van der Waals surface area contributed by atoms with Crippen molar-refractivity contribution in [3.05, 3.63) is 400 Å². The molecular weight excluding hydrogens is 1620 g/mol. The number of nitrogens with zero attached hydrogens (tertiary/aromatic N) is 10. The molecule has 128 heavy (non-hydrogen) atoms. The number of hydrogen-bond acceptors (Lipinski definition) is 10. The molecule has 596 valence electrons. The summed E-state index contributed by atoms with van der Waals surface area (Å²) in [6, 6.07) is 143. The van der Waals surface area contributed by atoms with Gasteiger partial charge in [0.1, 0.15) is 11.2 Å². The maximum Gasteiger partial charge on any atom is 0.164 e. The van der Waals surface area contributed by atoms with Crippen LogP contribution in [-0.4, -0.2) is 48.2 Å². The molecule has 0 aliphatic heterocycles. The van der Waals surface area contributed by atoms with Crippen molar-refractivity contribution in [3.8, 4) is 91.1 Å². The third-order valence-corrected chi connectivity index (χ3v) is 28.9. The third kappa shape index (κ3) is 11.5. The van der Waals surface area contributed by atoms with E-state index in [9.17, 15) is 0 Å². The molecule has 10 aromatic heterocycles. The summed E-state index contributed by atoms with van der Waals surface area (Å²) in [6.07, 6.45) is 0. The van der Waals surface area contributed by atoms with Gasteiger partial charge in [-0.15, -0.1) is 34.0 Å². The molecular formula is C114H66N10OS3. The van der Waals surface area contributed by atoms with Gasteiger partial charge in [0.15, 0.2) is 34.9 Å². The van der Waals surface area contributed by atoms with Crippen molar-refractivity contribution in [2.24, 2.45) is 0 Å². The number of furan rings is 1. The number of hydrogen-bond donors (Lipinski definition) is 0. The molecule has 0 radical (unpaired) electrons. The molecule has 28 rings (SSSR count). The van der Waals surface area contributed by atoms with Gasteiger partial charge < -0.3 is 22.7 Å². The highest BCUT2D eigenvalue weighted by atomic mass is 32.1. The zero-order valence-corrected chi connectivity index (χ0v) is 70.7. The third-order valence-electron chi connectivity index (χ3n) is 25.5. The summed E-state index contributed by atoms with van der Waals surface area (Å²) in [4.78, 5) is 30.0. The molecule has 0 saturated heterocycles. The Hall–Kier alpha value is -16.4. The summed E-state index contributed by atoms with van der Waals surface area (Å²) in [5.74, 6) is 3.83. The lowest BCUT2D eigenvalue weighted by Gasteiger charge is -2.11. The van der Waals surface area contributed by atoms with Gasteiger partial charge >= 0.3 is 0 Å². The van der Waals surface area contributed by atoms with Crippen LogP contribution in [0.5, 0.6) is 0 Å². The number of aromatic nitrogens is 10. The minimum Gasteiger partial charge on any atom is -0.456 e. The summed E-state index contributed by atoms with van der Waals surface area (Å²) in [6.45, 7) is 0. The Labute approximate surface area is 742 Å². The number of para-hydroxylation sites is 4. The molecule has 0 spiro atoms. The summed E-state index contributed by atoms with van der Waals surface area (Å²) >= 11 is 5.56. The Bertz CT molecular complexity index is 8830.